The van der Waals surface area contributed by atoms with Crippen molar-refractivity contribution in [2.45, 2.75) is 0 Å². The SMILES string of the molecule is [Ru].[Ru].[W].[W].[W]. The maximum Gasteiger partial charge on any atom is 0 e. The van der Waals surface area contributed by atoms with E-state index in [4.69, 9.17) is 0 Å². The van der Waals surface area contributed by atoms with Crippen LogP contribution in [0, 0.1) is 0 Å². The Morgan fingerprint density at radius 3 is 0.400 bits per heavy atom. The third-order valence-corrected chi connectivity index (χ3v) is 0. The van der Waals surface area contributed by atoms with E-state index in [0.717, 1.165) is 0 Å². The molecule has 5 heteroatoms. The van der Waals surface area contributed by atoms with E-state index in [1.54, 1.807) is 0 Å². The molecule has 0 aromatic heterocycles. The standard InChI is InChI=1S/2Ru.3W. The first-order valence-electron chi connectivity index (χ1n) is 0. The molecule has 34 valence electrons. The average molecular weight is 754 g/mol. The minimum atomic E-state index is 0. The predicted molar refractivity (Wildman–Crippen MR) is 0 cm³/mol. The quantitative estimate of drug-likeness (QED) is 0.306. The smallest absolute Gasteiger partial charge is 0 e. The second-order valence-corrected chi connectivity index (χ2v) is 0. The Kier molecular flexibility index (Phi) is 215. The summed E-state index contributed by atoms with van der Waals surface area (Å²) in [4.78, 5) is 0. The minimum Gasteiger partial charge on any atom is 0 e. The zero-order valence-electron chi connectivity index (χ0n) is 1.93. The van der Waals surface area contributed by atoms with Gasteiger partial charge >= 0.3 is 0 Å². The van der Waals surface area contributed by atoms with Gasteiger partial charge in [0.05, 0.1) is 0 Å². The normalized spacial score (nSPS) is 0. The fourth-order valence-electron chi connectivity index (χ4n) is 0. The predicted octanol–water partition coefficient (Wildman–Crippen LogP) is -0.0125. The Morgan fingerprint density at radius 2 is 0.400 bits per heavy atom. The van der Waals surface area contributed by atoms with Crippen molar-refractivity contribution in [2.24, 2.45) is 0 Å². The first kappa shape index (κ1) is 40.5. The molecule has 0 aliphatic heterocycles. The van der Waals surface area contributed by atoms with Crippen molar-refractivity contribution in [3.8, 4) is 0 Å². The molecule has 0 atom stereocenters. The molecule has 0 nitrogen and oxygen atoms in total. The van der Waals surface area contributed by atoms with Crippen molar-refractivity contribution in [2.75, 3.05) is 0 Å². The fourth-order valence-corrected chi connectivity index (χ4v) is 0. The molecular weight excluding hydrogens is 754 g/mol. The van der Waals surface area contributed by atoms with Crippen LogP contribution in [0.4, 0.5) is 0 Å². The molecule has 0 aromatic rings. The van der Waals surface area contributed by atoms with Gasteiger partial charge in [-0.2, -0.15) is 0 Å². The third kappa shape index (κ3) is 18.8. The second kappa shape index (κ2) is 26.6. The van der Waals surface area contributed by atoms with E-state index >= 15 is 0 Å². The van der Waals surface area contributed by atoms with Crippen LogP contribution >= 0.6 is 0 Å². The van der Waals surface area contributed by atoms with E-state index in [0.29, 0.717) is 0 Å². The molecule has 0 heterocycles. The zero-order valence-corrected chi connectivity index (χ0v) is 14.2. The van der Waals surface area contributed by atoms with Crippen LogP contribution in [-0.2, 0) is 102 Å². The Hall–Kier alpha value is 3.31. The van der Waals surface area contributed by atoms with Gasteiger partial charge in [0.1, 0.15) is 0 Å². The zero-order chi connectivity index (χ0) is 0. The Balaban J connectivity index is 0. The van der Waals surface area contributed by atoms with E-state index in [2.05, 4.69) is 0 Å². The van der Waals surface area contributed by atoms with Crippen LogP contribution in [-0.4, -0.2) is 0 Å². The van der Waals surface area contributed by atoms with E-state index in [9.17, 15) is 0 Å². The Bertz CT molecular complexity index is 4.85. The fraction of sp³-hybridized carbons (Fsp3) is 0. The Labute approximate surface area is 100 Å². The first-order valence-corrected chi connectivity index (χ1v) is 0. The van der Waals surface area contributed by atoms with Gasteiger partial charge in [-0.15, -0.1) is 0 Å². The van der Waals surface area contributed by atoms with Crippen molar-refractivity contribution in [1.82, 2.24) is 0 Å². The van der Waals surface area contributed by atoms with E-state index in [1.165, 1.54) is 0 Å². The number of hydrogen-bond acceptors (Lipinski definition) is 0. The summed E-state index contributed by atoms with van der Waals surface area (Å²) in [6.45, 7) is 0. The summed E-state index contributed by atoms with van der Waals surface area (Å²) in [5.74, 6) is 0. The van der Waals surface area contributed by atoms with Gasteiger partial charge in [-0.3, -0.25) is 0 Å². The van der Waals surface area contributed by atoms with Gasteiger partial charge in [-0.1, -0.05) is 0 Å². The molecule has 0 aliphatic carbocycles. The molecule has 5 heavy (non-hydrogen) atoms. The number of hydrogen-bond donors (Lipinski definition) is 0. The average Bonchev–Trinajstić information content (AvgIpc) is 0. The molecule has 0 saturated carbocycles. The van der Waals surface area contributed by atoms with Crippen molar-refractivity contribution in [1.29, 1.82) is 0 Å². The summed E-state index contributed by atoms with van der Waals surface area (Å²) < 4.78 is 0. The summed E-state index contributed by atoms with van der Waals surface area (Å²) in [6.07, 6.45) is 0. The Morgan fingerprint density at radius 1 is 0.400 bits per heavy atom. The van der Waals surface area contributed by atoms with Crippen LogP contribution in [0.3, 0.4) is 0 Å². The minimum absolute atomic E-state index is 0. The first-order chi connectivity index (χ1) is 0. The van der Waals surface area contributed by atoms with E-state index in [1.807, 2.05) is 0 Å². The molecule has 0 amide bonds. The van der Waals surface area contributed by atoms with Gasteiger partial charge in [0.2, 0.25) is 0 Å². The molecule has 0 aromatic carbocycles. The van der Waals surface area contributed by atoms with Gasteiger partial charge in [-0.05, 0) is 0 Å². The second-order valence-electron chi connectivity index (χ2n) is 0. The van der Waals surface area contributed by atoms with Crippen LogP contribution in [0.25, 0.3) is 0 Å². The molecule has 0 fully saturated rings. The van der Waals surface area contributed by atoms with Crippen LogP contribution in [0.2, 0.25) is 0 Å². The van der Waals surface area contributed by atoms with Crippen molar-refractivity contribution in [3.63, 3.8) is 0 Å². The molecular formula is Ru2W3. The summed E-state index contributed by atoms with van der Waals surface area (Å²) in [5.41, 5.74) is 0. The van der Waals surface area contributed by atoms with Gasteiger partial charge in [0.15, 0.2) is 0 Å². The monoisotopic (exact) mass is 756 g/mol. The molecule has 0 spiro atoms. The molecule has 0 radical (unpaired) electrons. The van der Waals surface area contributed by atoms with Gasteiger partial charge in [0, 0.05) is 102 Å². The summed E-state index contributed by atoms with van der Waals surface area (Å²) >= 11 is 0. The maximum absolute atomic E-state index is 0. The third-order valence-electron chi connectivity index (χ3n) is 0. The molecule has 0 aliphatic rings. The summed E-state index contributed by atoms with van der Waals surface area (Å²) in [5, 5.41) is 0. The van der Waals surface area contributed by atoms with Crippen molar-refractivity contribution < 1.29 is 102 Å². The van der Waals surface area contributed by atoms with Gasteiger partial charge < -0.3 is 0 Å². The van der Waals surface area contributed by atoms with Crippen molar-refractivity contribution >= 4 is 0 Å². The maximum atomic E-state index is 0. The molecule has 0 unspecified atom stereocenters. The van der Waals surface area contributed by atoms with Gasteiger partial charge in [0.25, 0.3) is 0 Å². The van der Waals surface area contributed by atoms with E-state index in [-0.39, 0.29) is 102 Å². The van der Waals surface area contributed by atoms with Crippen LogP contribution in [0.5, 0.6) is 0 Å². The van der Waals surface area contributed by atoms with Crippen molar-refractivity contribution in [3.05, 3.63) is 0 Å². The molecule has 0 saturated heterocycles. The van der Waals surface area contributed by atoms with Crippen LogP contribution in [0.1, 0.15) is 0 Å². The molecule has 0 rings (SSSR count). The summed E-state index contributed by atoms with van der Waals surface area (Å²) in [7, 11) is 0. The van der Waals surface area contributed by atoms with E-state index < -0.39 is 0 Å². The molecule has 0 N–H and O–H groups in total. The van der Waals surface area contributed by atoms with Gasteiger partial charge in [-0.25, -0.2) is 0 Å². The largest absolute Gasteiger partial charge is 0 e. The number of rotatable bonds is 0. The van der Waals surface area contributed by atoms with Crippen LogP contribution in [0.15, 0.2) is 0 Å². The topological polar surface area (TPSA) is 0 Å². The van der Waals surface area contributed by atoms with Crippen LogP contribution < -0.4 is 0 Å². The summed E-state index contributed by atoms with van der Waals surface area (Å²) in [6, 6.07) is 0. The molecule has 0 bridgehead atoms.